The molecule has 10 heteroatoms. The molecule has 41 heavy (non-hydrogen) atoms. The fourth-order valence-corrected chi connectivity index (χ4v) is 3.79. The first kappa shape index (κ1) is 35.9. The molecule has 0 spiro atoms. The lowest BCUT2D eigenvalue weighted by molar-refractivity contribution is -0.143. The summed E-state index contributed by atoms with van der Waals surface area (Å²) in [5.74, 6) is -0.470. The third-order valence-electron chi connectivity index (χ3n) is 6.17. The first-order valence-corrected chi connectivity index (χ1v) is 14.6. The average molecular weight is 580 g/mol. The quantitative estimate of drug-likeness (QED) is 0.169. The number of carbonyl (C=O) groups excluding carboxylic acids is 4. The van der Waals surface area contributed by atoms with E-state index in [9.17, 15) is 19.2 Å². The van der Waals surface area contributed by atoms with Crippen LogP contribution in [0.4, 0.5) is 4.79 Å². The van der Waals surface area contributed by atoms with E-state index in [0.717, 1.165) is 12.8 Å². The number of esters is 3. The van der Waals surface area contributed by atoms with Crippen LogP contribution in [-0.2, 0) is 35.0 Å². The van der Waals surface area contributed by atoms with Crippen LogP contribution in [0, 0.1) is 11.8 Å². The molecule has 0 bridgehead atoms. The van der Waals surface area contributed by atoms with Crippen LogP contribution in [0.2, 0.25) is 0 Å². The molecule has 1 aromatic carbocycles. The predicted molar refractivity (Wildman–Crippen MR) is 155 cm³/mol. The van der Waals surface area contributed by atoms with E-state index in [1.54, 1.807) is 32.0 Å². The minimum Gasteiger partial charge on any atom is -0.468 e. The maximum absolute atomic E-state index is 12.5. The highest BCUT2D eigenvalue weighted by Crippen LogP contribution is 2.30. The van der Waals surface area contributed by atoms with E-state index >= 15 is 0 Å². The fraction of sp³-hybridized carbons (Fsp3) is 0.677. The second kappa shape index (κ2) is 19.1. The SMILES string of the molecule is CCCC(C)OC(=O)OC(C)CN[C@@H](Cc1ccc(OC(=O)CCC(C)C)c(OC(=O)CCC(C)C)c1)C(=O)OC. The highest BCUT2D eigenvalue weighted by Gasteiger charge is 2.23. The second-order valence-electron chi connectivity index (χ2n) is 11.2. The molecule has 0 aliphatic rings. The number of carbonyl (C=O) groups is 4. The van der Waals surface area contributed by atoms with Gasteiger partial charge in [0.2, 0.25) is 0 Å². The molecule has 0 amide bonds. The minimum atomic E-state index is -0.787. The molecule has 0 saturated heterocycles. The number of benzene rings is 1. The van der Waals surface area contributed by atoms with E-state index in [2.05, 4.69) is 5.32 Å². The van der Waals surface area contributed by atoms with Gasteiger partial charge in [-0.3, -0.25) is 14.4 Å². The van der Waals surface area contributed by atoms with Crippen molar-refractivity contribution in [2.75, 3.05) is 13.7 Å². The van der Waals surface area contributed by atoms with E-state index < -0.39 is 36.2 Å². The summed E-state index contributed by atoms with van der Waals surface area (Å²) in [4.78, 5) is 49.5. The van der Waals surface area contributed by atoms with E-state index in [1.807, 2.05) is 34.6 Å². The molecule has 10 nitrogen and oxygen atoms in total. The Morgan fingerprint density at radius 2 is 1.34 bits per heavy atom. The largest absolute Gasteiger partial charge is 0.508 e. The van der Waals surface area contributed by atoms with Gasteiger partial charge in [0.25, 0.3) is 0 Å². The van der Waals surface area contributed by atoms with Gasteiger partial charge in [-0.25, -0.2) is 4.79 Å². The van der Waals surface area contributed by atoms with Gasteiger partial charge in [-0.15, -0.1) is 0 Å². The van der Waals surface area contributed by atoms with Crippen LogP contribution in [0.3, 0.4) is 0 Å². The summed E-state index contributed by atoms with van der Waals surface area (Å²) in [6.45, 7) is 13.7. The number of rotatable bonds is 18. The Balaban J connectivity index is 3.00. The molecule has 2 unspecified atom stereocenters. The Kier molecular flexibility index (Phi) is 16.7. The summed E-state index contributed by atoms with van der Waals surface area (Å²) < 4.78 is 26.6. The van der Waals surface area contributed by atoms with Gasteiger partial charge in [-0.1, -0.05) is 47.1 Å². The van der Waals surface area contributed by atoms with Crippen molar-refractivity contribution in [3.8, 4) is 11.5 Å². The maximum atomic E-state index is 12.5. The molecule has 0 saturated carbocycles. The molecule has 0 radical (unpaired) electrons. The summed E-state index contributed by atoms with van der Waals surface area (Å²) in [5.41, 5.74) is 0.642. The van der Waals surface area contributed by atoms with Gasteiger partial charge in [0.05, 0.1) is 7.11 Å². The molecular weight excluding hydrogens is 530 g/mol. The van der Waals surface area contributed by atoms with Crippen LogP contribution >= 0.6 is 0 Å². The molecule has 0 aliphatic carbocycles. The normalized spacial score (nSPS) is 13.3. The van der Waals surface area contributed by atoms with Crippen molar-refractivity contribution < 1.29 is 42.9 Å². The fourth-order valence-electron chi connectivity index (χ4n) is 3.79. The topological polar surface area (TPSA) is 126 Å². The van der Waals surface area contributed by atoms with Crippen LogP contribution in [-0.4, -0.2) is 56.0 Å². The molecular formula is C31H49NO9. The number of nitrogens with one attached hydrogen (secondary N) is 1. The standard InChI is InChI=1S/C31H49NO9/c1-9-10-22(6)38-31(36)39-23(7)19-32-25(30(35)37-8)17-24-13-14-26(40-28(33)15-11-20(2)3)27(18-24)41-29(34)16-12-21(4)5/h13-14,18,20-23,25,32H,9-12,15-17,19H2,1-8H3/t22?,23?,25-/m0/s1. The molecule has 0 fully saturated rings. The first-order valence-electron chi connectivity index (χ1n) is 14.6. The molecule has 0 aliphatic heterocycles. The van der Waals surface area contributed by atoms with Crippen molar-refractivity contribution in [2.45, 2.75) is 112 Å². The van der Waals surface area contributed by atoms with Crippen LogP contribution in [0.1, 0.15) is 92.6 Å². The Hall–Kier alpha value is -3.14. The predicted octanol–water partition coefficient (Wildman–Crippen LogP) is 5.77. The van der Waals surface area contributed by atoms with Crippen LogP contribution in [0.25, 0.3) is 0 Å². The molecule has 1 aromatic rings. The number of methoxy groups -OCH3 is 1. The molecule has 1 N–H and O–H groups in total. The Labute approximate surface area is 244 Å². The summed E-state index contributed by atoms with van der Waals surface area (Å²) in [5, 5.41) is 3.07. The van der Waals surface area contributed by atoms with Crippen molar-refractivity contribution >= 4 is 24.1 Å². The van der Waals surface area contributed by atoms with E-state index in [0.29, 0.717) is 30.2 Å². The molecule has 1 rings (SSSR count). The lowest BCUT2D eigenvalue weighted by Gasteiger charge is -2.21. The van der Waals surface area contributed by atoms with E-state index in [4.69, 9.17) is 23.7 Å². The van der Waals surface area contributed by atoms with Crippen LogP contribution in [0.15, 0.2) is 18.2 Å². The minimum absolute atomic E-state index is 0.110. The van der Waals surface area contributed by atoms with Gasteiger partial charge in [-0.2, -0.15) is 0 Å². The number of hydrogen-bond donors (Lipinski definition) is 1. The third-order valence-corrected chi connectivity index (χ3v) is 6.17. The zero-order chi connectivity index (χ0) is 30.9. The monoisotopic (exact) mass is 579 g/mol. The summed E-state index contributed by atoms with van der Waals surface area (Å²) >= 11 is 0. The van der Waals surface area contributed by atoms with Crippen LogP contribution in [0.5, 0.6) is 11.5 Å². The highest BCUT2D eigenvalue weighted by atomic mass is 16.7. The van der Waals surface area contributed by atoms with Crippen molar-refractivity contribution in [1.29, 1.82) is 0 Å². The van der Waals surface area contributed by atoms with Crippen molar-refractivity contribution in [3.05, 3.63) is 23.8 Å². The summed E-state index contributed by atoms with van der Waals surface area (Å²) in [7, 11) is 1.28. The van der Waals surface area contributed by atoms with Gasteiger partial charge in [0.1, 0.15) is 18.2 Å². The molecule has 0 heterocycles. The summed E-state index contributed by atoms with van der Waals surface area (Å²) in [6.07, 6.45) is 1.98. The maximum Gasteiger partial charge on any atom is 0.508 e. The first-order chi connectivity index (χ1) is 19.3. The molecule has 232 valence electrons. The Morgan fingerprint density at radius 1 is 0.780 bits per heavy atom. The van der Waals surface area contributed by atoms with Gasteiger partial charge in [0.15, 0.2) is 11.5 Å². The van der Waals surface area contributed by atoms with Crippen LogP contribution < -0.4 is 14.8 Å². The Morgan fingerprint density at radius 3 is 1.88 bits per heavy atom. The van der Waals surface area contributed by atoms with Gasteiger partial charge in [-0.05, 0) is 69.1 Å². The van der Waals surface area contributed by atoms with Crippen molar-refractivity contribution in [2.24, 2.45) is 11.8 Å². The average Bonchev–Trinajstić information content (AvgIpc) is 2.89. The second-order valence-corrected chi connectivity index (χ2v) is 11.2. The summed E-state index contributed by atoms with van der Waals surface area (Å²) in [6, 6.07) is 4.05. The van der Waals surface area contributed by atoms with E-state index in [1.165, 1.54) is 7.11 Å². The smallest absolute Gasteiger partial charge is 0.468 e. The third kappa shape index (κ3) is 15.4. The van der Waals surface area contributed by atoms with Crippen molar-refractivity contribution in [1.82, 2.24) is 5.32 Å². The zero-order valence-corrected chi connectivity index (χ0v) is 25.9. The van der Waals surface area contributed by atoms with E-state index in [-0.39, 0.29) is 43.4 Å². The molecule has 0 aromatic heterocycles. The number of hydrogen-bond acceptors (Lipinski definition) is 10. The lowest BCUT2D eigenvalue weighted by atomic mass is 10.0. The van der Waals surface area contributed by atoms with Gasteiger partial charge >= 0.3 is 24.1 Å². The van der Waals surface area contributed by atoms with Gasteiger partial charge < -0.3 is 29.0 Å². The lowest BCUT2D eigenvalue weighted by Crippen LogP contribution is -2.43. The van der Waals surface area contributed by atoms with Crippen molar-refractivity contribution in [3.63, 3.8) is 0 Å². The Bertz CT molecular complexity index is 976. The zero-order valence-electron chi connectivity index (χ0n) is 25.9. The van der Waals surface area contributed by atoms with Gasteiger partial charge in [0, 0.05) is 19.4 Å². The highest BCUT2D eigenvalue weighted by molar-refractivity contribution is 5.77. The molecule has 3 atom stereocenters. The number of ether oxygens (including phenoxy) is 5.